The maximum Gasteiger partial charge on any atom is 0.228 e. The van der Waals surface area contributed by atoms with Crippen LogP contribution in [0.15, 0.2) is 78.9 Å². The summed E-state index contributed by atoms with van der Waals surface area (Å²) in [6.45, 7) is 3.96. The van der Waals surface area contributed by atoms with Crippen LogP contribution in [0.1, 0.15) is 12.8 Å². The fourth-order valence-electron chi connectivity index (χ4n) is 4.13. The first-order chi connectivity index (χ1) is 17.1. The maximum absolute atomic E-state index is 6.10. The smallest absolute Gasteiger partial charge is 0.228 e. The summed E-state index contributed by atoms with van der Waals surface area (Å²) in [4.78, 5) is 12.0. The second-order valence-corrected chi connectivity index (χ2v) is 9.40. The fourth-order valence-corrected chi connectivity index (χ4v) is 4.38. The van der Waals surface area contributed by atoms with E-state index in [1.165, 1.54) is 25.9 Å². The lowest BCUT2D eigenvalue weighted by Crippen LogP contribution is -2.25. The summed E-state index contributed by atoms with van der Waals surface area (Å²) in [5, 5.41) is 4.72. The Hall–Kier alpha value is -3.12. The van der Waals surface area contributed by atoms with E-state index in [1.54, 1.807) is 0 Å². The zero-order valence-corrected chi connectivity index (χ0v) is 20.8. The summed E-state index contributed by atoms with van der Waals surface area (Å²) in [7, 11) is 0. The highest BCUT2D eigenvalue weighted by molar-refractivity contribution is 6.30. The van der Waals surface area contributed by atoms with Crippen LogP contribution in [0.4, 0.5) is 11.6 Å². The largest absolute Gasteiger partial charge is 0.492 e. The summed E-state index contributed by atoms with van der Waals surface area (Å²) >= 11 is 12.2. The number of halogens is 2. The summed E-state index contributed by atoms with van der Waals surface area (Å²) in [6, 6.07) is 25.1. The number of likely N-dealkylation sites (tertiary alicyclic amines) is 1. The second-order valence-electron chi connectivity index (χ2n) is 8.53. The lowest BCUT2D eigenvalue weighted by molar-refractivity contribution is 0.238. The van der Waals surface area contributed by atoms with Gasteiger partial charge in [0, 0.05) is 39.5 Å². The molecule has 0 radical (unpaired) electrons. The molecule has 5 nitrogen and oxygen atoms in total. The molecule has 0 bridgehead atoms. The molecule has 3 aromatic carbocycles. The van der Waals surface area contributed by atoms with E-state index in [2.05, 4.69) is 10.2 Å². The van der Waals surface area contributed by atoms with Gasteiger partial charge in [0.2, 0.25) is 5.95 Å². The first kappa shape index (κ1) is 23.6. The Morgan fingerprint density at radius 1 is 0.771 bits per heavy atom. The Morgan fingerprint density at radius 3 is 1.97 bits per heavy atom. The van der Waals surface area contributed by atoms with Crippen molar-refractivity contribution in [1.29, 1.82) is 0 Å². The highest BCUT2D eigenvalue weighted by atomic mass is 35.5. The first-order valence-electron chi connectivity index (χ1n) is 11.8. The van der Waals surface area contributed by atoms with Crippen LogP contribution in [-0.2, 0) is 0 Å². The van der Waals surface area contributed by atoms with E-state index in [0.29, 0.717) is 22.6 Å². The number of anilines is 2. The molecule has 1 aliphatic rings. The number of rotatable bonds is 8. The summed E-state index contributed by atoms with van der Waals surface area (Å²) in [5.74, 6) is 1.32. The van der Waals surface area contributed by atoms with Crippen molar-refractivity contribution in [3.63, 3.8) is 0 Å². The lowest BCUT2D eigenvalue weighted by Gasteiger charge is -2.15. The molecule has 4 aromatic rings. The predicted octanol–water partition coefficient (Wildman–Crippen LogP) is 7.34. The molecule has 0 saturated carbocycles. The molecule has 5 rings (SSSR count). The van der Waals surface area contributed by atoms with Crippen molar-refractivity contribution in [1.82, 2.24) is 14.9 Å². The Balaban J connectivity index is 1.39. The molecule has 1 aromatic heterocycles. The second kappa shape index (κ2) is 11.1. The molecule has 7 heteroatoms. The number of nitrogens with zero attached hydrogens (tertiary/aromatic N) is 3. The Bertz CT molecular complexity index is 1210. The lowest BCUT2D eigenvalue weighted by atomic mass is 10.1. The molecule has 35 heavy (non-hydrogen) atoms. The number of hydrogen-bond donors (Lipinski definition) is 1. The molecular formula is C28H26Cl2N4O. The monoisotopic (exact) mass is 504 g/mol. The third kappa shape index (κ3) is 6.31. The van der Waals surface area contributed by atoms with Crippen molar-refractivity contribution in [2.45, 2.75) is 12.8 Å². The van der Waals surface area contributed by atoms with E-state index in [9.17, 15) is 0 Å². The molecule has 1 N–H and O–H groups in total. The molecule has 2 heterocycles. The van der Waals surface area contributed by atoms with Gasteiger partial charge in [-0.3, -0.25) is 4.90 Å². The van der Waals surface area contributed by atoms with Gasteiger partial charge in [0.1, 0.15) is 12.4 Å². The zero-order chi connectivity index (χ0) is 24.0. The van der Waals surface area contributed by atoms with Crippen molar-refractivity contribution >= 4 is 34.8 Å². The number of aromatic nitrogens is 2. The minimum Gasteiger partial charge on any atom is -0.492 e. The van der Waals surface area contributed by atoms with E-state index in [0.717, 1.165) is 40.5 Å². The number of nitrogens with one attached hydrogen (secondary N) is 1. The van der Waals surface area contributed by atoms with Crippen LogP contribution in [0, 0.1) is 0 Å². The maximum atomic E-state index is 6.10. The van der Waals surface area contributed by atoms with Gasteiger partial charge in [-0.25, -0.2) is 9.97 Å². The number of hydrogen-bond acceptors (Lipinski definition) is 5. The Labute approximate surface area is 215 Å². The third-order valence-electron chi connectivity index (χ3n) is 5.97. The molecule has 1 fully saturated rings. The van der Waals surface area contributed by atoms with Gasteiger partial charge < -0.3 is 10.1 Å². The third-order valence-corrected chi connectivity index (χ3v) is 6.48. The van der Waals surface area contributed by atoms with Crippen LogP contribution in [0.3, 0.4) is 0 Å². The van der Waals surface area contributed by atoms with E-state index in [-0.39, 0.29) is 0 Å². The summed E-state index contributed by atoms with van der Waals surface area (Å²) < 4.78 is 6.01. The molecule has 0 unspecified atom stereocenters. The van der Waals surface area contributed by atoms with Crippen molar-refractivity contribution in [2.75, 3.05) is 31.6 Å². The SMILES string of the molecule is Clc1ccc(-c2cc(-c3ccc(Cl)cc3)nc(Nc3cccc(OCCN4CCCC4)c3)n2)cc1. The minimum atomic E-state index is 0.497. The minimum absolute atomic E-state index is 0.497. The molecule has 0 atom stereocenters. The summed E-state index contributed by atoms with van der Waals surface area (Å²) in [6.07, 6.45) is 2.57. The van der Waals surface area contributed by atoms with Crippen molar-refractivity contribution in [3.05, 3.63) is 88.9 Å². The van der Waals surface area contributed by atoms with E-state index in [4.69, 9.17) is 37.9 Å². The van der Waals surface area contributed by atoms with Crippen molar-refractivity contribution < 1.29 is 4.74 Å². The van der Waals surface area contributed by atoms with Crippen LogP contribution >= 0.6 is 23.2 Å². The van der Waals surface area contributed by atoms with Gasteiger partial charge in [-0.15, -0.1) is 0 Å². The molecule has 178 valence electrons. The zero-order valence-electron chi connectivity index (χ0n) is 19.3. The van der Waals surface area contributed by atoms with Crippen LogP contribution in [0.5, 0.6) is 5.75 Å². The number of ether oxygens (including phenoxy) is 1. The molecule has 0 spiro atoms. The molecule has 1 saturated heterocycles. The average Bonchev–Trinajstić information content (AvgIpc) is 3.39. The quantitative estimate of drug-likeness (QED) is 0.272. The van der Waals surface area contributed by atoms with Gasteiger partial charge in [0.25, 0.3) is 0 Å². The molecule has 0 aliphatic carbocycles. The predicted molar refractivity (Wildman–Crippen MR) is 144 cm³/mol. The van der Waals surface area contributed by atoms with Gasteiger partial charge in [0.15, 0.2) is 0 Å². The Morgan fingerprint density at radius 2 is 1.37 bits per heavy atom. The normalized spacial score (nSPS) is 13.7. The Kier molecular flexibility index (Phi) is 7.48. The van der Waals surface area contributed by atoms with Gasteiger partial charge in [-0.2, -0.15) is 0 Å². The highest BCUT2D eigenvalue weighted by Crippen LogP contribution is 2.28. The fraction of sp³-hybridized carbons (Fsp3) is 0.214. The molecule has 0 amide bonds. The molecule has 1 aliphatic heterocycles. The van der Waals surface area contributed by atoms with Crippen molar-refractivity contribution in [2.24, 2.45) is 0 Å². The highest BCUT2D eigenvalue weighted by Gasteiger charge is 2.12. The molecular weight excluding hydrogens is 479 g/mol. The van der Waals surface area contributed by atoms with Crippen LogP contribution in [-0.4, -0.2) is 41.1 Å². The van der Waals surface area contributed by atoms with Crippen LogP contribution in [0.25, 0.3) is 22.5 Å². The van der Waals surface area contributed by atoms with Gasteiger partial charge in [-0.05, 0) is 68.4 Å². The topological polar surface area (TPSA) is 50.3 Å². The van der Waals surface area contributed by atoms with Gasteiger partial charge in [0.05, 0.1) is 11.4 Å². The van der Waals surface area contributed by atoms with E-state index in [1.807, 2.05) is 78.9 Å². The standard InChI is InChI=1S/C28H26Cl2N4O/c29-22-10-6-20(7-11-22)26-19-27(21-8-12-23(30)13-9-21)33-28(32-26)31-24-4-3-5-25(18-24)35-17-16-34-14-1-2-15-34/h3-13,18-19H,1-2,14-17H2,(H,31,32,33). The van der Waals surface area contributed by atoms with Gasteiger partial charge in [-0.1, -0.05) is 53.5 Å². The van der Waals surface area contributed by atoms with Crippen molar-refractivity contribution in [3.8, 4) is 28.3 Å². The van der Waals surface area contributed by atoms with E-state index >= 15 is 0 Å². The van der Waals surface area contributed by atoms with Gasteiger partial charge >= 0.3 is 0 Å². The summed E-state index contributed by atoms with van der Waals surface area (Å²) in [5.41, 5.74) is 4.35. The number of benzene rings is 3. The van der Waals surface area contributed by atoms with Crippen LogP contribution < -0.4 is 10.1 Å². The van der Waals surface area contributed by atoms with Crippen LogP contribution in [0.2, 0.25) is 10.0 Å². The first-order valence-corrected chi connectivity index (χ1v) is 12.5. The average molecular weight is 505 g/mol. The van der Waals surface area contributed by atoms with E-state index < -0.39 is 0 Å².